The number of aliphatic carboxylic acids is 2. The molecule has 64 valence electrons. The molecule has 0 saturated carbocycles. The molecule has 0 bridgehead atoms. The zero-order valence-electron chi connectivity index (χ0n) is 5.68. The minimum atomic E-state index is -1.75. The van der Waals surface area contributed by atoms with E-state index in [1.807, 2.05) is 0 Å². The Labute approximate surface area is 66.1 Å². The summed E-state index contributed by atoms with van der Waals surface area (Å²) in [5.74, 6) is -6.18. The van der Waals surface area contributed by atoms with E-state index >= 15 is 0 Å². The van der Waals surface area contributed by atoms with Crippen LogP contribution in [0.1, 0.15) is 0 Å². The van der Waals surface area contributed by atoms with Crippen LogP contribution in [0.5, 0.6) is 0 Å². The second-order valence-corrected chi connectivity index (χ2v) is 1.67. The third-order valence-corrected chi connectivity index (χ3v) is 0.808. The average molecular weight is 172 g/mol. The summed E-state index contributed by atoms with van der Waals surface area (Å²) in [6, 6.07) is 0. The van der Waals surface area contributed by atoms with Crippen LogP contribution >= 0.6 is 0 Å². The smallest absolute Gasteiger partial charge is 0.376 e. The Hall–Kier alpha value is -1.98. The van der Waals surface area contributed by atoms with Gasteiger partial charge in [0.15, 0.2) is 0 Å². The zero-order chi connectivity index (χ0) is 9.72. The van der Waals surface area contributed by atoms with Gasteiger partial charge >= 0.3 is 11.9 Å². The molecule has 0 atom stereocenters. The lowest BCUT2D eigenvalue weighted by molar-refractivity contribution is -0.147. The first kappa shape index (κ1) is 10.0. The molecule has 0 saturated heterocycles. The Kier molecular flexibility index (Phi) is 3.35. The van der Waals surface area contributed by atoms with E-state index in [0.717, 1.165) is 0 Å². The third-order valence-electron chi connectivity index (χ3n) is 0.808. The molecule has 0 aliphatic heterocycles. The van der Waals surface area contributed by atoms with Gasteiger partial charge in [0.2, 0.25) is 0 Å². The molecule has 0 spiro atoms. The van der Waals surface area contributed by atoms with Crippen molar-refractivity contribution in [3.05, 3.63) is 12.2 Å². The number of ketones is 2. The standard InChI is InChI=1S/C6H4O6/c7-3(5(9)10)1-2-4(8)6(11)12/h1-2H,(H,9,10)(H,11,12). The molecular weight excluding hydrogens is 168 g/mol. The summed E-state index contributed by atoms with van der Waals surface area (Å²) >= 11 is 0. The van der Waals surface area contributed by atoms with Crippen LogP contribution in [0.4, 0.5) is 0 Å². The minimum absolute atomic E-state index is 0.388. The molecule has 0 aromatic carbocycles. The minimum Gasteiger partial charge on any atom is -0.475 e. The molecule has 0 rings (SSSR count). The van der Waals surface area contributed by atoms with Crippen LogP contribution in [-0.4, -0.2) is 33.7 Å². The molecular formula is C6H4O6. The summed E-state index contributed by atoms with van der Waals surface area (Å²) in [6.45, 7) is 0. The van der Waals surface area contributed by atoms with E-state index in [9.17, 15) is 19.2 Å². The first-order valence-electron chi connectivity index (χ1n) is 2.67. The number of carboxylic acid groups (broad SMARTS) is 2. The molecule has 0 aliphatic rings. The quantitative estimate of drug-likeness (QED) is 0.409. The molecule has 6 heteroatoms. The van der Waals surface area contributed by atoms with Crippen LogP contribution in [0.15, 0.2) is 12.2 Å². The summed E-state index contributed by atoms with van der Waals surface area (Å²) in [6.07, 6.45) is 0.775. The number of carbonyl (C=O) groups excluding carboxylic acids is 2. The van der Waals surface area contributed by atoms with Gasteiger partial charge in [0.25, 0.3) is 11.6 Å². The van der Waals surface area contributed by atoms with Crippen molar-refractivity contribution in [1.29, 1.82) is 0 Å². The van der Waals surface area contributed by atoms with Crippen LogP contribution in [0.2, 0.25) is 0 Å². The van der Waals surface area contributed by atoms with Gasteiger partial charge in [0.05, 0.1) is 0 Å². The van der Waals surface area contributed by atoms with Crippen LogP contribution in [0.3, 0.4) is 0 Å². The van der Waals surface area contributed by atoms with E-state index in [2.05, 4.69) is 0 Å². The molecule has 0 aromatic rings. The van der Waals surface area contributed by atoms with E-state index in [4.69, 9.17) is 10.2 Å². The Balaban J connectivity index is 4.26. The number of carboxylic acids is 2. The van der Waals surface area contributed by atoms with Crippen molar-refractivity contribution >= 4 is 23.5 Å². The molecule has 0 heterocycles. The van der Waals surface area contributed by atoms with Crippen molar-refractivity contribution in [1.82, 2.24) is 0 Å². The highest BCUT2D eigenvalue weighted by atomic mass is 16.4. The first-order valence-corrected chi connectivity index (χ1v) is 2.67. The maximum absolute atomic E-state index is 10.2. The number of hydrogen-bond acceptors (Lipinski definition) is 4. The van der Waals surface area contributed by atoms with E-state index < -0.39 is 23.5 Å². The van der Waals surface area contributed by atoms with Gasteiger partial charge in [0, 0.05) is 0 Å². The van der Waals surface area contributed by atoms with E-state index in [1.165, 1.54) is 0 Å². The summed E-state index contributed by atoms with van der Waals surface area (Å²) in [5, 5.41) is 15.9. The number of hydrogen-bond donors (Lipinski definition) is 2. The monoisotopic (exact) mass is 172 g/mol. The van der Waals surface area contributed by atoms with Gasteiger partial charge in [0.1, 0.15) is 0 Å². The Morgan fingerprint density at radius 3 is 1.17 bits per heavy atom. The lowest BCUT2D eigenvalue weighted by Crippen LogP contribution is -2.12. The number of carbonyl (C=O) groups is 4. The van der Waals surface area contributed by atoms with Crippen molar-refractivity contribution in [2.24, 2.45) is 0 Å². The van der Waals surface area contributed by atoms with E-state index in [0.29, 0.717) is 12.2 Å². The normalized spacial score (nSPS) is 9.67. The predicted octanol–water partition coefficient (Wildman–Crippen LogP) is -1.15. The highest BCUT2D eigenvalue weighted by Crippen LogP contribution is 1.80. The van der Waals surface area contributed by atoms with Gasteiger partial charge in [-0.3, -0.25) is 9.59 Å². The van der Waals surface area contributed by atoms with Crippen molar-refractivity contribution in [2.45, 2.75) is 0 Å². The van der Waals surface area contributed by atoms with Gasteiger partial charge in [-0.05, 0) is 12.2 Å². The van der Waals surface area contributed by atoms with E-state index in [1.54, 1.807) is 0 Å². The third kappa shape index (κ3) is 3.25. The van der Waals surface area contributed by atoms with Gasteiger partial charge < -0.3 is 10.2 Å². The largest absolute Gasteiger partial charge is 0.475 e. The molecule has 0 unspecified atom stereocenters. The molecule has 0 aliphatic carbocycles. The number of rotatable bonds is 4. The molecule has 12 heavy (non-hydrogen) atoms. The summed E-state index contributed by atoms with van der Waals surface area (Å²) in [4.78, 5) is 40.1. The SMILES string of the molecule is O=C(O)C(=O)C=CC(=O)C(=O)O. The Morgan fingerprint density at radius 2 is 1.00 bits per heavy atom. The lowest BCUT2D eigenvalue weighted by atomic mass is 10.3. The highest BCUT2D eigenvalue weighted by molar-refractivity contribution is 6.42. The van der Waals surface area contributed by atoms with Gasteiger partial charge in [-0.15, -0.1) is 0 Å². The average Bonchev–Trinajstić information content (AvgIpc) is 1.98. The van der Waals surface area contributed by atoms with Gasteiger partial charge in [-0.2, -0.15) is 0 Å². The zero-order valence-corrected chi connectivity index (χ0v) is 5.68. The Bertz CT molecular complexity index is 246. The van der Waals surface area contributed by atoms with Crippen molar-refractivity contribution < 1.29 is 29.4 Å². The Morgan fingerprint density at radius 1 is 0.750 bits per heavy atom. The second kappa shape index (κ2) is 4.02. The van der Waals surface area contributed by atoms with Crippen LogP contribution < -0.4 is 0 Å². The molecule has 0 radical (unpaired) electrons. The molecule has 2 N–H and O–H groups in total. The summed E-state index contributed by atoms with van der Waals surface area (Å²) in [7, 11) is 0. The summed E-state index contributed by atoms with van der Waals surface area (Å²) in [5.41, 5.74) is 0. The van der Waals surface area contributed by atoms with E-state index in [-0.39, 0.29) is 0 Å². The van der Waals surface area contributed by atoms with Gasteiger partial charge in [-0.1, -0.05) is 0 Å². The topological polar surface area (TPSA) is 109 Å². The molecule has 0 fully saturated rings. The highest BCUT2D eigenvalue weighted by Gasteiger charge is 2.10. The fourth-order valence-electron chi connectivity index (χ4n) is 0.294. The van der Waals surface area contributed by atoms with Crippen LogP contribution in [0.25, 0.3) is 0 Å². The van der Waals surface area contributed by atoms with Gasteiger partial charge in [-0.25, -0.2) is 9.59 Å². The summed E-state index contributed by atoms with van der Waals surface area (Å²) < 4.78 is 0. The maximum Gasteiger partial charge on any atom is 0.376 e. The van der Waals surface area contributed by atoms with Crippen LogP contribution in [0, 0.1) is 0 Å². The van der Waals surface area contributed by atoms with Crippen molar-refractivity contribution in [3.63, 3.8) is 0 Å². The van der Waals surface area contributed by atoms with Crippen LogP contribution in [-0.2, 0) is 19.2 Å². The lowest BCUT2D eigenvalue weighted by Gasteiger charge is -1.83. The second-order valence-electron chi connectivity index (χ2n) is 1.67. The molecule has 0 aromatic heterocycles. The van der Waals surface area contributed by atoms with Crippen molar-refractivity contribution in [2.75, 3.05) is 0 Å². The fourth-order valence-corrected chi connectivity index (χ4v) is 0.294. The first-order chi connectivity index (χ1) is 5.45. The predicted molar refractivity (Wildman–Crippen MR) is 34.4 cm³/mol. The molecule has 0 amide bonds. The maximum atomic E-state index is 10.2. The van der Waals surface area contributed by atoms with Crippen molar-refractivity contribution in [3.8, 4) is 0 Å². The fraction of sp³-hybridized carbons (Fsp3) is 0. The molecule has 6 nitrogen and oxygen atoms in total.